The lowest BCUT2D eigenvalue weighted by Crippen LogP contribution is -2.26. The third kappa shape index (κ3) is 3.26. The van der Waals surface area contributed by atoms with Crippen LogP contribution in [-0.4, -0.2) is 69.3 Å². The molecule has 0 N–H and O–H groups in total. The molecule has 3 aliphatic heterocycles. The molecule has 3 aliphatic rings. The fraction of sp³-hybridized carbons (Fsp3) is 1.00. The van der Waals surface area contributed by atoms with Gasteiger partial charge in [0.1, 0.15) is 24.5 Å². The first-order valence-electron chi connectivity index (χ1n) is 6.91. The highest BCUT2D eigenvalue weighted by Crippen LogP contribution is 2.36. The summed E-state index contributed by atoms with van der Waals surface area (Å²) in [5, 5.41) is 0. The Morgan fingerprint density at radius 1 is 1.05 bits per heavy atom. The highest BCUT2D eigenvalue weighted by atomic mass is 16.8. The second kappa shape index (κ2) is 5.27. The van der Waals surface area contributed by atoms with Crippen LogP contribution >= 0.6 is 0 Å². The van der Waals surface area contributed by atoms with E-state index in [1.165, 1.54) is 0 Å². The highest BCUT2D eigenvalue weighted by molar-refractivity contribution is 4.90. The summed E-state index contributed by atoms with van der Waals surface area (Å²) in [6.45, 7) is 2.04. The fourth-order valence-electron chi connectivity index (χ4n) is 2.48. The summed E-state index contributed by atoms with van der Waals surface area (Å²) in [5.74, 6) is 0. The number of hydrogen-bond acceptors (Lipinski definition) is 6. The summed E-state index contributed by atoms with van der Waals surface area (Å²) in [5.41, 5.74) is 0. The lowest BCUT2D eigenvalue weighted by molar-refractivity contribution is -0.0147. The van der Waals surface area contributed by atoms with Crippen LogP contribution in [0.25, 0.3) is 0 Å². The average Bonchev–Trinajstić information content (AvgIpc) is 3.21. The minimum absolute atomic E-state index is 0.00208. The van der Waals surface area contributed by atoms with Gasteiger partial charge >= 0.3 is 0 Å². The lowest BCUT2D eigenvalue weighted by atomic mass is 10.2. The van der Waals surface area contributed by atoms with Crippen molar-refractivity contribution in [2.24, 2.45) is 0 Å². The summed E-state index contributed by atoms with van der Waals surface area (Å²) in [7, 11) is 5.69. The number of methoxy groups -OCH3 is 1. The molecule has 0 radical (unpaired) electrons. The van der Waals surface area contributed by atoms with Gasteiger partial charge in [0.15, 0.2) is 12.6 Å². The van der Waals surface area contributed by atoms with E-state index >= 15 is 0 Å². The van der Waals surface area contributed by atoms with E-state index in [-0.39, 0.29) is 43.2 Å². The molecule has 3 saturated heterocycles. The number of hydrogen-bond donors (Lipinski definition) is 0. The van der Waals surface area contributed by atoms with Gasteiger partial charge in [-0.15, -0.1) is 0 Å². The maximum atomic E-state index is 5.84. The molecule has 0 aromatic rings. The van der Waals surface area contributed by atoms with Gasteiger partial charge in [0.2, 0.25) is 0 Å². The standard InChI is InChI=1S/C13H23NO5/c1-7(10-11(19-10)14(2)3)16-13-9(18-13)6-5-8-12(15-4)17-8/h7-13H,5-6H2,1-4H3. The molecule has 3 heterocycles. The first kappa shape index (κ1) is 13.7. The number of likely N-dealkylation sites (N-methyl/N-ethyl adjacent to an activating group) is 1. The van der Waals surface area contributed by atoms with Crippen molar-refractivity contribution in [1.29, 1.82) is 0 Å². The summed E-state index contributed by atoms with van der Waals surface area (Å²) in [4.78, 5) is 2.06. The van der Waals surface area contributed by atoms with Gasteiger partial charge in [-0.1, -0.05) is 0 Å². The Hall–Kier alpha value is -0.240. The Balaban J connectivity index is 1.29. The van der Waals surface area contributed by atoms with E-state index in [4.69, 9.17) is 23.7 Å². The van der Waals surface area contributed by atoms with Crippen LogP contribution in [0.4, 0.5) is 0 Å². The molecule has 110 valence electrons. The van der Waals surface area contributed by atoms with E-state index in [9.17, 15) is 0 Å². The summed E-state index contributed by atoms with van der Waals surface area (Å²) in [6, 6.07) is 0. The molecule has 7 unspecified atom stereocenters. The van der Waals surface area contributed by atoms with Crippen LogP contribution in [0.15, 0.2) is 0 Å². The smallest absolute Gasteiger partial charge is 0.184 e. The van der Waals surface area contributed by atoms with Crippen LogP contribution in [0.5, 0.6) is 0 Å². The van der Waals surface area contributed by atoms with Gasteiger partial charge in [0, 0.05) is 7.11 Å². The zero-order valence-electron chi connectivity index (χ0n) is 11.9. The quantitative estimate of drug-likeness (QED) is 0.602. The molecule has 0 aromatic carbocycles. The van der Waals surface area contributed by atoms with E-state index in [2.05, 4.69) is 4.90 Å². The Morgan fingerprint density at radius 2 is 1.68 bits per heavy atom. The second-order valence-electron chi connectivity index (χ2n) is 5.69. The van der Waals surface area contributed by atoms with Crippen LogP contribution in [0, 0.1) is 0 Å². The number of rotatable bonds is 8. The maximum absolute atomic E-state index is 5.84. The Kier molecular flexibility index (Phi) is 3.81. The first-order valence-corrected chi connectivity index (χ1v) is 6.91. The Labute approximate surface area is 113 Å². The molecule has 0 amide bonds. The molecule has 0 spiro atoms. The Morgan fingerprint density at radius 3 is 2.21 bits per heavy atom. The van der Waals surface area contributed by atoms with E-state index in [0.717, 1.165) is 12.8 Å². The van der Waals surface area contributed by atoms with Crippen molar-refractivity contribution in [3.63, 3.8) is 0 Å². The molecule has 6 heteroatoms. The molecular formula is C13H23NO5. The predicted octanol–water partition coefficient (Wildman–Crippen LogP) is 0.554. The molecule has 0 saturated carbocycles. The van der Waals surface area contributed by atoms with Crippen LogP contribution in [0.2, 0.25) is 0 Å². The minimum Gasteiger partial charge on any atom is -0.353 e. The SMILES string of the molecule is COC1OC1CCC1OC1OC(C)C1OC1N(C)C. The summed E-state index contributed by atoms with van der Waals surface area (Å²) in [6.07, 6.45) is 2.75. The number of epoxide rings is 3. The highest BCUT2D eigenvalue weighted by Gasteiger charge is 2.50. The average molecular weight is 273 g/mol. The van der Waals surface area contributed by atoms with Crippen LogP contribution in [0.1, 0.15) is 19.8 Å². The molecule has 19 heavy (non-hydrogen) atoms. The first-order chi connectivity index (χ1) is 9.10. The summed E-state index contributed by atoms with van der Waals surface area (Å²) >= 11 is 0. The molecular weight excluding hydrogens is 250 g/mol. The van der Waals surface area contributed by atoms with Crippen LogP contribution in [0.3, 0.4) is 0 Å². The molecule has 0 bridgehead atoms. The van der Waals surface area contributed by atoms with Crippen molar-refractivity contribution >= 4 is 0 Å². The molecule has 0 aromatic heterocycles. The van der Waals surface area contributed by atoms with Gasteiger partial charge in [0.25, 0.3) is 0 Å². The molecule has 0 aliphatic carbocycles. The van der Waals surface area contributed by atoms with Gasteiger partial charge in [-0.25, -0.2) is 0 Å². The van der Waals surface area contributed by atoms with Gasteiger partial charge in [0.05, 0.1) is 6.10 Å². The summed E-state index contributed by atoms with van der Waals surface area (Å²) < 4.78 is 27.3. The second-order valence-corrected chi connectivity index (χ2v) is 5.69. The molecule has 6 nitrogen and oxygen atoms in total. The predicted molar refractivity (Wildman–Crippen MR) is 66.5 cm³/mol. The van der Waals surface area contributed by atoms with Gasteiger partial charge < -0.3 is 23.7 Å². The third-order valence-corrected chi connectivity index (χ3v) is 3.86. The Bertz CT molecular complexity index is 326. The van der Waals surface area contributed by atoms with E-state index in [0.29, 0.717) is 0 Å². The van der Waals surface area contributed by atoms with Crippen molar-refractivity contribution in [3.8, 4) is 0 Å². The minimum atomic E-state index is -0.0678. The third-order valence-electron chi connectivity index (χ3n) is 3.86. The van der Waals surface area contributed by atoms with Crippen molar-refractivity contribution < 1.29 is 23.7 Å². The lowest BCUT2D eigenvalue weighted by Gasteiger charge is -2.10. The van der Waals surface area contributed by atoms with E-state index < -0.39 is 0 Å². The van der Waals surface area contributed by atoms with Crippen molar-refractivity contribution in [1.82, 2.24) is 4.90 Å². The van der Waals surface area contributed by atoms with Crippen molar-refractivity contribution in [3.05, 3.63) is 0 Å². The number of nitrogens with zero attached hydrogens (tertiary/aromatic N) is 1. The molecule has 3 fully saturated rings. The monoisotopic (exact) mass is 273 g/mol. The molecule has 7 atom stereocenters. The van der Waals surface area contributed by atoms with Gasteiger partial charge in [-0.3, -0.25) is 4.90 Å². The fourth-order valence-corrected chi connectivity index (χ4v) is 2.48. The number of ether oxygens (including phenoxy) is 5. The van der Waals surface area contributed by atoms with Crippen molar-refractivity contribution in [2.45, 2.75) is 63.0 Å². The van der Waals surface area contributed by atoms with Crippen molar-refractivity contribution in [2.75, 3.05) is 21.2 Å². The molecule has 3 rings (SSSR count). The van der Waals surface area contributed by atoms with Crippen LogP contribution < -0.4 is 0 Å². The van der Waals surface area contributed by atoms with Gasteiger partial charge in [-0.2, -0.15) is 0 Å². The normalized spacial score (nSPS) is 45.3. The topological polar surface area (TPSA) is 59.3 Å². The van der Waals surface area contributed by atoms with E-state index in [1.54, 1.807) is 7.11 Å². The van der Waals surface area contributed by atoms with Gasteiger partial charge in [-0.05, 0) is 33.9 Å². The van der Waals surface area contributed by atoms with E-state index in [1.807, 2.05) is 21.0 Å². The maximum Gasteiger partial charge on any atom is 0.184 e. The van der Waals surface area contributed by atoms with Crippen LogP contribution in [-0.2, 0) is 23.7 Å². The zero-order valence-corrected chi connectivity index (χ0v) is 11.9. The largest absolute Gasteiger partial charge is 0.353 e. The zero-order chi connectivity index (χ0) is 13.6.